The molecule has 3 aromatic heterocycles. The maximum atomic E-state index is 12.9. The fraction of sp³-hybridized carbons (Fsp3) is 0.409. The first-order valence-electron chi connectivity index (χ1n) is 10.8. The van der Waals surface area contributed by atoms with Crippen LogP contribution in [0, 0.1) is 6.92 Å². The minimum Gasteiger partial charge on any atom is -0.389 e. The number of rotatable bonds is 4. The third-order valence-electron chi connectivity index (χ3n) is 6.43. The standard InChI is InChI=1S/C22H25N7O4/c1-12-24-14-6-4-13(8-15(14)25-12)5-7-18(31)28-9-16(17(30)10-28)29-11-23-19-20(29)26(2)22(33)27(3)21(19)32/h4,6,8,11,16-17,30H,5,7,9-10H2,1-3H3,(H,24,25)/t16-,17-/m0/s1. The third kappa shape index (κ3) is 3.44. The SMILES string of the molecule is Cc1nc2ccc(CCC(=O)N3C[C@H](O)[C@@H](n4cnc5c(=O)n(C)c(=O)n(C)c54)C3)cc2[nH]1. The summed E-state index contributed by atoms with van der Waals surface area (Å²) in [5.41, 5.74) is 2.39. The number of β-amino-alcohol motifs (C(OH)–C–C–N with tert-alkyl or cyclic N) is 1. The maximum Gasteiger partial charge on any atom is 0.332 e. The van der Waals surface area contributed by atoms with Crippen molar-refractivity contribution in [3.05, 3.63) is 56.8 Å². The van der Waals surface area contributed by atoms with E-state index in [9.17, 15) is 19.5 Å². The number of nitrogens with zero attached hydrogens (tertiary/aromatic N) is 6. The monoisotopic (exact) mass is 451 g/mol. The van der Waals surface area contributed by atoms with Crippen molar-refractivity contribution in [2.75, 3.05) is 13.1 Å². The Morgan fingerprint density at radius 2 is 2.00 bits per heavy atom. The summed E-state index contributed by atoms with van der Waals surface area (Å²) in [4.78, 5) is 51.1. The van der Waals surface area contributed by atoms with Crippen molar-refractivity contribution in [2.24, 2.45) is 14.1 Å². The number of amides is 1. The molecule has 0 aliphatic carbocycles. The predicted octanol–water partition coefficient (Wildman–Crippen LogP) is -0.00458. The van der Waals surface area contributed by atoms with Crippen molar-refractivity contribution in [1.29, 1.82) is 0 Å². The number of hydrogen-bond acceptors (Lipinski definition) is 6. The number of aryl methyl sites for hydroxylation is 3. The van der Waals surface area contributed by atoms with Crippen molar-refractivity contribution < 1.29 is 9.90 Å². The number of aromatic amines is 1. The molecule has 1 aliphatic heterocycles. The highest BCUT2D eigenvalue weighted by Crippen LogP contribution is 2.26. The molecule has 172 valence electrons. The van der Waals surface area contributed by atoms with E-state index in [1.54, 1.807) is 16.5 Å². The number of likely N-dealkylation sites (tertiary alicyclic amines) is 1. The number of carbonyl (C=O) groups excluding carboxylic acids is 1. The van der Waals surface area contributed by atoms with Crippen molar-refractivity contribution in [3.8, 4) is 0 Å². The highest BCUT2D eigenvalue weighted by Gasteiger charge is 2.36. The summed E-state index contributed by atoms with van der Waals surface area (Å²) in [7, 11) is 2.96. The second-order valence-electron chi connectivity index (χ2n) is 8.64. The van der Waals surface area contributed by atoms with Gasteiger partial charge in [0.25, 0.3) is 5.56 Å². The van der Waals surface area contributed by atoms with E-state index in [4.69, 9.17) is 0 Å². The lowest BCUT2D eigenvalue weighted by Gasteiger charge is -2.18. The van der Waals surface area contributed by atoms with E-state index in [0.29, 0.717) is 18.5 Å². The fourth-order valence-electron chi connectivity index (χ4n) is 4.64. The number of imidazole rings is 2. The number of H-pyrrole nitrogens is 1. The average Bonchev–Trinajstić information content (AvgIpc) is 3.49. The molecule has 2 atom stereocenters. The van der Waals surface area contributed by atoms with Crippen molar-refractivity contribution in [1.82, 2.24) is 33.6 Å². The van der Waals surface area contributed by atoms with E-state index < -0.39 is 23.4 Å². The molecule has 33 heavy (non-hydrogen) atoms. The van der Waals surface area contributed by atoms with Crippen LogP contribution in [-0.2, 0) is 25.3 Å². The van der Waals surface area contributed by atoms with Gasteiger partial charge in [-0.1, -0.05) is 6.07 Å². The molecule has 0 bridgehead atoms. The molecule has 1 fully saturated rings. The predicted molar refractivity (Wildman–Crippen MR) is 121 cm³/mol. The normalized spacial score (nSPS) is 18.6. The van der Waals surface area contributed by atoms with Crippen LogP contribution >= 0.6 is 0 Å². The molecule has 1 aromatic carbocycles. The van der Waals surface area contributed by atoms with Gasteiger partial charge >= 0.3 is 5.69 Å². The molecule has 0 unspecified atom stereocenters. The summed E-state index contributed by atoms with van der Waals surface area (Å²) in [6.07, 6.45) is 1.49. The van der Waals surface area contributed by atoms with Crippen LogP contribution in [0.2, 0.25) is 0 Å². The number of carbonyl (C=O) groups is 1. The second-order valence-corrected chi connectivity index (χ2v) is 8.64. The zero-order valence-electron chi connectivity index (χ0n) is 18.6. The fourth-order valence-corrected chi connectivity index (χ4v) is 4.64. The number of benzene rings is 1. The average molecular weight is 451 g/mol. The first kappa shape index (κ1) is 21.1. The molecule has 1 aliphatic rings. The smallest absolute Gasteiger partial charge is 0.332 e. The highest BCUT2D eigenvalue weighted by atomic mass is 16.3. The third-order valence-corrected chi connectivity index (χ3v) is 6.43. The van der Waals surface area contributed by atoms with Gasteiger partial charge in [-0.15, -0.1) is 0 Å². The highest BCUT2D eigenvalue weighted by molar-refractivity contribution is 5.78. The van der Waals surface area contributed by atoms with E-state index >= 15 is 0 Å². The molecule has 2 N–H and O–H groups in total. The Hall–Kier alpha value is -3.73. The van der Waals surface area contributed by atoms with Gasteiger partial charge in [-0.25, -0.2) is 14.8 Å². The molecule has 1 saturated heterocycles. The van der Waals surface area contributed by atoms with Crippen molar-refractivity contribution in [3.63, 3.8) is 0 Å². The van der Waals surface area contributed by atoms with Crippen LogP contribution in [0.3, 0.4) is 0 Å². The summed E-state index contributed by atoms with van der Waals surface area (Å²) in [6.45, 7) is 2.35. The minimum atomic E-state index is -0.838. The van der Waals surface area contributed by atoms with Crippen LogP contribution < -0.4 is 11.2 Å². The number of fused-ring (bicyclic) bond motifs is 2. The second kappa shape index (κ2) is 7.69. The molecule has 4 heterocycles. The first-order chi connectivity index (χ1) is 15.7. The number of aromatic nitrogens is 6. The van der Waals surface area contributed by atoms with Gasteiger partial charge in [-0.2, -0.15) is 0 Å². The Labute approximate surface area is 187 Å². The molecule has 11 heteroatoms. The first-order valence-corrected chi connectivity index (χ1v) is 10.8. The van der Waals surface area contributed by atoms with Crippen LogP contribution in [0.1, 0.15) is 23.9 Å². The van der Waals surface area contributed by atoms with Gasteiger partial charge in [-0.3, -0.25) is 18.7 Å². The molecule has 0 spiro atoms. The molecule has 4 aromatic rings. The van der Waals surface area contributed by atoms with Gasteiger partial charge in [0.15, 0.2) is 5.52 Å². The number of nitrogens with one attached hydrogen (secondary N) is 1. The molecule has 5 rings (SSSR count). The summed E-state index contributed by atoms with van der Waals surface area (Å²) >= 11 is 0. The number of hydrogen-bond donors (Lipinski definition) is 2. The van der Waals surface area contributed by atoms with Gasteiger partial charge < -0.3 is 19.6 Å². The summed E-state index contributed by atoms with van der Waals surface area (Å²) in [5, 5.41) is 10.7. The Morgan fingerprint density at radius 3 is 2.79 bits per heavy atom. The van der Waals surface area contributed by atoms with E-state index in [1.807, 2.05) is 25.1 Å². The van der Waals surface area contributed by atoms with Crippen LogP contribution in [0.5, 0.6) is 0 Å². The quantitative estimate of drug-likeness (QED) is 0.449. The zero-order chi connectivity index (χ0) is 23.4. The lowest BCUT2D eigenvalue weighted by atomic mass is 10.1. The van der Waals surface area contributed by atoms with Crippen molar-refractivity contribution in [2.45, 2.75) is 31.9 Å². The molecule has 1 amide bonds. The Kier molecular flexibility index (Phi) is 4.93. The lowest BCUT2D eigenvalue weighted by Crippen LogP contribution is -2.38. The van der Waals surface area contributed by atoms with Gasteiger partial charge in [0.1, 0.15) is 11.5 Å². The molecular formula is C22H25N7O4. The Bertz CT molecular complexity index is 1510. The van der Waals surface area contributed by atoms with Crippen LogP contribution in [0.15, 0.2) is 34.1 Å². The van der Waals surface area contributed by atoms with E-state index in [1.165, 1.54) is 17.9 Å². The van der Waals surface area contributed by atoms with E-state index in [2.05, 4.69) is 15.0 Å². The molecular weight excluding hydrogens is 426 g/mol. The van der Waals surface area contributed by atoms with Crippen molar-refractivity contribution >= 4 is 28.1 Å². The summed E-state index contributed by atoms with van der Waals surface area (Å²) < 4.78 is 3.97. The largest absolute Gasteiger partial charge is 0.389 e. The topological polar surface area (TPSA) is 131 Å². The Balaban J connectivity index is 1.34. The van der Waals surface area contributed by atoms with E-state index in [0.717, 1.165) is 27.0 Å². The van der Waals surface area contributed by atoms with Gasteiger partial charge in [0.05, 0.1) is 29.5 Å². The van der Waals surface area contributed by atoms with Crippen LogP contribution in [0.25, 0.3) is 22.2 Å². The van der Waals surface area contributed by atoms with Crippen LogP contribution in [-0.4, -0.2) is 63.8 Å². The van der Waals surface area contributed by atoms with E-state index in [-0.39, 0.29) is 24.5 Å². The van der Waals surface area contributed by atoms with Crippen LogP contribution in [0.4, 0.5) is 0 Å². The van der Waals surface area contributed by atoms with Gasteiger partial charge in [-0.05, 0) is 31.0 Å². The molecule has 11 nitrogen and oxygen atoms in total. The maximum absolute atomic E-state index is 12.9. The van der Waals surface area contributed by atoms with Gasteiger partial charge in [0, 0.05) is 33.6 Å². The molecule has 0 radical (unpaired) electrons. The Morgan fingerprint density at radius 1 is 1.21 bits per heavy atom. The lowest BCUT2D eigenvalue weighted by molar-refractivity contribution is -0.130. The molecule has 0 saturated carbocycles. The number of aliphatic hydroxyl groups is 1. The zero-order valence-corrected chi connectivity index (χ0v) is 18.6. The number of aliphatic hydroxyl groups excluding tert-OH is 1. The summed E-state index contributed by atoms with van der Waals surface area (Å²) in [5.74, 6) is 0.782. The minimum absolute atomic E-state index is 0.0633. The summed E-state index contributed by atoms with van der Waals surface area (Å²) in [6, 6.07) is 5.41. The van der Waals surface area contributed by atoms with Gasteiger partial charge in [0.2, 0.25) is 5.91 Å².